The summed E-state index contributed by atoms with van der Waals surface area (Å²) in [5, 5.41) is 11.3. The summed E-state index contributed by atoms with van der Waals surface area (Å²) >= 11 is 0. The van der Waals surface area contributed by atoms with Crippen molar-refractivity contribution in [3.05, 3.63) is 12.7 Å². The molecule has 0 bridgehead atoms. The molecule has 5 heteroatoms. The second-order valence-corrected chi connectivity index (χ2v) is 4.24. The maximum absolute atomic E-state index is 11.6. The zero-order valence-corrected chi connectivity index (χ0v) is 10.6. The van der Waals surface area contributed by atoms with Crippen LogP contribution in [0.1, 0.15) is 26.2 Å². The largest absolute Gasteiger partial charge is 0.481 e. The number of amides is 2. The topological polar surface area (TPSA) is 69.6 Å². The molecule has 0 aromatic rings. The summed E-state index contributed by atoms with van der Waals surface area (Å²) in [6, 6.07) is -0.161. The van der Waals surface area contributed by atoms with Gasteiger partial charge in [-0.3, -0.25) is 4.79 Å². The number of hydrogen-bond donors (Lipinski definition) is 2. The highest BCUT2D eigenvalue weighted by atomic mass is 16.4. The van der Waals surface area contributed by atoms with Crippen LogP contribution in [0, 0.1) is 5.92 Å². The first kappa shape index (κ1) is 15.5. The zero-order valence-electron chi connectivity index (χ0n) is 10.6. The molecule has 0 saturated heterocycles. The number of carbonyl (C=O) groups is 2. The highest BCUT2D eigenvalue weighted by Gasteiger charge is 2.11. The molecule has 0 aromatic carbocycles. The molecule has 17 heavy (non-hydrogen) atoms. The number of nitrogens with one attached hydrogen (secondary N) is 1. The van der Waals surface area contributed by atoms with E-state index < -0.39 is 5.97 Å². The predicted molar refractivity (Wildman–Crippen MR) is 66.9 cm³/mol. The van der Waals surface area contributed by atoms with Crippen LogP contribution in [0.2, 0.25) is 0 Å². The van der Waals surface area contributed by atoms with E-state index in [-0.39, 0.29) is 18.4 Å². The minimum absolute atomic E-state index is 0.0574. The summed E-state index contributed by atoms with van der Waals surface area (Å²) in [5.74, 6) is -0.899. The molecule has 5 nitrogen and oxygen atoms in total. The average molecular weight is 242 g/mol. The fraction of sp³-hybridized carbons (Fsp3) is 0.667. The predicted octanol–water partition coefficient (Wildman–Crippen LogP) is 1.70. The molecule has 0 saturated carbocycles. The highest BCUT2D eigenvalue weighted by Crippen LogP contribution is 2.00. The Morgan fingerprint density at radius 1 is 1.53 bits per heavy atom. The van der Waals surface area contributed by atoms with Gasteiger partial charge in [0.15, 0.2) is 0 Å². The summed E-state index contributed by atoms with van der Waals surface area (Å²) in [6.45, 7) is 6.47. The van der Waals surface area contributed by atoms with Gasteiger partial charge in [-0.1, -0.05) is 13.0 Å². The Balaban J connectivity index is 3.76. The maximum atomic E-state index is 11.6. The van der Waals surface area contributed by atoms with Crippen molar-refractivity contribution in [1.82, 2.24) is 10.2 Å². The zero-order chi connectivity index (χ0) is 13.3. The van der Waals surface area contributed by atoms with Crippen LogP contribution in [0.3, 0.4) is 0 Å². The van der Waals surface area contributed by atoms with Gasteiger partial charge in [0.05, 0.1) is 0 Å². The molecule has 0 radical (unpaired) electrons. The van der Waals surface area contributed by atoms with Gasteiger partial charge in [0, 0.05) is 26.6 Å². The smallest absolute Gasteiger partial charge is 0.317 e. The van der Waals surface area contributed by atoms with E-state index in [0.717, 1.165) is 12.8 Å². The van der Waals surface area contributed by atoms with Crippen molar-refractivity contribution in [2.75, 3.05) is 20.1 Å². The number of hydrogen-bond acceptors (Lipinski definition) is 2. The quantitative estimate of drug-likeness (QED) is 0.503. The molecular weight excluding hydrogens is 220 g/mol. The Morgan fingerprint density at radius 2 is 2.18 bits per heavy atom. The average Bonchev–Trinajstić information content (AvgIpc) is 2.25. The molecular formula is C12H22N2O3. The lowest BCUT2D eigenvalue weighted by Crippen LogP contribution is -2.39. The molecule has 2 N–H and O–H groups in total. The molecule has 0 aromatic heterocycles. The maximum Gasteiger partial charge on any atom is 0.317 e. The van der Waals surface area contributed by atoms with E-state index in [0.29, 0.717) is 13.1 Å². The lowest BCUT2D eigenvalue weighted by atomic mass is 10.1. The lowest BCUT2D eigenvalue weighted by molar-refractivity contribution is -0.137. The number of rotatable bonds is 8. The first-order chi connectivity index (χ1) is 7.97. The number of aliphatic carboxylic acids is 1. The van der Waals surface area contributed by atoms with Crippen molar-refractivity contribution < 1.29 is 14.7 Å². The van der Waals surface area contributed by atoms with Crippen LogP contribution in [0.25, 0.3) is 0 Å². The summed E-state index contributed by atoms with van der Waals surface area (Å²) in [6.07, 6.45) is 3.66. The Labute approximate surface area is 102 Å². The van der Waals surface area contributed by atoms with Crippen molar-refractivity contribution in [3.8, 4) is 0 Å². The Morgan fingerprint density at radius 3 is 2.71 bits per heavy atom. The van der Waals surface area contributed by atoms with Crippen LogP contribution in [-0.4, -0.2) is 42.1 Å². The van der Waals surface area contributed by atoms with Gasteiger partial charge in [0.1, 0.15) is 0 Å². The fourth-order valence-corrected chi connectivity index (χ4v) is 1.34. The van der Waals surface area contributed by atoms with Gasteiger partial charge in [0.2, 0.25) is 0 Å². The third-order valence-electron chi connectivity index (χ3n) is 2.37. The second-order valence-electron chi connectivity index (χ2n) is 4.24. The number of carboxylic acid groups (broad SMARTS) is 1. The first-order valence-electron chi connectivity index (χ1n) is 5.79. The van der Waals surface area contributed by atoms with Crippen LogP contribution in [0.15, 0.2) is 12.7 Å². The number of carbonyl (C=O) groups excluding carboxylic acids is 1. The fourth-order valence-electron chi connectivity index (χ4n) is 1.34. The number of unbranched alkanes of at least 4 members (excludes halogenated alkanes) is 1. The molecule has 1 atom stereocenters. The van der Waals surface area contributed by atoms with Crippen LogP contribution in [0.5, 0.6) is 0 Å². The summed E-state index contributed by atoms with van der Waals surface area (Å²) in [4.78, 5) is 23.6. The van der Waals surface area contributed by atoms with Crippen LogP contribution >= 0.6 is 0 Å². The Bertz CT molecular complexity index is 266. The molecule has 2 amide bonds. The van der Waals surface area contributed by atoms with Crippen molar-refractivity contribution >= 4 is 12.0 Å². The van der Waals surface area contributed by atoms with Crippen molar-refractivity contribution in [3.63, 3.8) is 0 Å². The Hall–Kier alpha value is -1.52. The number of urea groups is 1. The van der Waals surface area contributed by atoms with Gasteiger partial charge in [-0.2, -0.15) is 0 Å². The van der Waals surface area contributed by atoms with Crippen molar-refractivity contribution in [2.24, 2.45) is 5.92 Å². The minimum atomic E-state index is -0.842. The summed E-state index contributed by atoms with van der Waals surface area (Å²) in [5.41, 5.74) is 0. The molecule has 0 aliphatic rings. The third-order valence-corrected chi connectivity index (χ3v) is 2.37. The van der Waals surface area contributed by atoms with E-state index in [9.17, 15) is 9.59 Å². The highest BCUT2D eigenvalue weighted by molar-refractivity contribution is 5.74. The van der Waals surface area contributed by atoms with Gasteiger partial charge < -0.3 is 15.3 Å². The standard InChI is InChI=1S/C12H22N2O3/c1-4-5-6-7-14(3)12(17)13-9-10(2)8-11(15)16/h4,10H,1,5-9H2,2-3H3,(H,13,17)(H,15,16). The number of carboxylic acids is 1. The molecule has 0 rings (SSSR count). The van der Waals surface area contributed by atoms with E-state index in [4.69, 9.17) is 5.11 Å². The van der Waals surface area contributed by atoms with E-state index in [2.05, 4.69) is 11.9 Å². The monoisotopic (exact) mass is 242 g/mol. The van der Waals surface area contributed by atoms with E-state index >= 15 is 0 Å². The van der Waals surface area contributed by atoms with Crippen LogP contribution in [-0.2, 0) is 4.79 Å². The van der Waals surface area contributed by atoms with E-state index in [1.165, 1.54) is 0 Å². The number of nitrogens with zero attached hydrogens (tertiary/aromatic N) is 1. The van der Waals surface area contributed by atoms with Gasteiger partial charge in [-0.15, -0.1) is 6.58 Å². The van der Waals surface area contributed by atoms with Crippen molar-refractivity contribution in [1.29, 1.82) is 0 Å². The van der Waals surface area contributed by atoms with Crippen molar-refractivity contribution in [2.45, 2.75) is 26.2 Å². The van der Waals surface area contributed by atoms with Gasteiger partial charge in [-0.25, -0.2) is 4.79 Å². The molecule has 98 valence electrons. The second kappa shape index (κ2) is 8.61. The SMILES string of the molecule is C=CCCCN(C)C(=O)NCC(C)CC(=O)O. The summed E-state index contributed by atoms with van der Waals surface area (Å²) < 4.78 is 0. The minimum Gasteiger partial charge on any atom is -0.481 e. The third kappa shape index (κ3) is 8.30. The molecule has 0 aliphatic carbocycles. The van der Waals surface area contributed by atoms with Gasteiger partial charge in [0.25, 0.3) is 0 Å². The molecule has 0 fully saturated rings. The molecule has 0 heterocycles. The molecule has 0 aliphatic heterocycles. The summed E-state index contributed by atoms with van der Waals surface area (Å²) in [7, 11) is 1.72. The van der Waals surface area contributed by atoms with E-state index in [1.807, 2.05) is 6.08 Å². The van der Waals surface area contributed by atoms with Crippen LogP contribution in [0.4, 0.5) is 4.79 Å². The Kier molecular flexibility index (Phi) is 7.84. The van der Waals surface area contributed by atoms with Gasteiger partial charge >= 0.3 is 12.0 Å². The first-order valence-corrected chi connectivity index (χ1v) is 5.79. The number of allylic oxidation sites excluding steroid dienone is 1. The van der Waals surface area contributed by atoms with Crippen LogP contribution < -0.4 is 5.32 Å². The van der Waals surface area contributed by atoms with Gasteiger partial charge in [-0.05, 0) is 18.8 Å². The molecule has 0 spiro atoms. The molecule has 1 unspecified atom stereocenters. The van der Waals surface area contributed by atoms with E-state index in [1.54, 1.807) is 18.9 Å². The lowest BCUT2D eigenvalue weighted by Gasteiger charge is -2.19. The normalized spacial score (nSPS) is 11.6.